The lowest BCUT2D eigenvalue weighted by Gasteiger charge is -2.35. The molecular weight excluding hydrogens is 453 g/mol. The van der Waals surface area contributed by atoms with Gasteiger partial charge in [0.25, 0.3) is 5.91 Å². The van der Waals surface area contributed by atoms with Gasteiger partial charge in [-0.25, -0.2) is 9.97 Å². The Kier molecular flexibility index (Phi) is 5.11. The lowest BCUT2D eigenvalue weighted by atomic mass is 10.2. The molecule has 1 aromatic carbocycles. The van der Waals surface area contributed by atoms with Gasteiger partial charge in [0.2, 0.25) is 0 Å². The summed E-state index contributed by atoms with van der Waals surface area (Å²) in [6.07, 6.45) is 3.95. The van der Waals surface area contributed by atoms with Gasteiger partial charge in [0, 0.05) is 53.8 Å². The summed E-state index contributed by atoms with van der Waals surface area (Å²) >= 11 is 2.25. The maximum atomic E-state index is 12.7. The number of carbonyl (C=O) groups is 1. The summed E-state index contributed by atoms with van der Waals surface area (Å²) < 4.78 is 3.11. The average Bonchev–Trinajstić information content (AvgIpc) is 3.23. The van der Waals surface area contributed by atoms with Crippen molar-refractivity contribution in [3.8, 4) is 5.82 Å². The van der Waals surface area contributed by atoms with Gasteiger partial charge in [-0.2, -0.15) is 0 Å². The molecule has 7 heteroatoms. The second kappa shape index (κ2) is 7.67. The van der Waals surface area contributed by atoms with E-state index in [1.165, 1.54) is 0 Å². The largest absolute Gasteiger partial charge is 0.353 e. The van der Waals surface area contributed by atoms with Crippen molar-refractivity contribution in [1.82, 2.24) is 19.4 Å². The Morgan fingerprint density at radius 1 is 0.963 bits per heavy atom. The van der Waals surface area contributed by atoms with E-state index in [-0.39, 0.29) is 5.91 Å². The fraction of sp³-hybridized carbons (Fsp3) is 0.250. The number of benzene rings is 1. The molecule has 3 heterocycles. The van der Waals surface area contributed by atoms with E-state index in [1.807, 2.05) is 71.2 Å². The Hall–Kier alpha value is -2.42. The number of aryl methyl sites for hydroxylation is 1. The standard InChI is InChI=1S/C20H20IN5O/c1-15-22-18(24-8-2-3-9-24)14-19(23-15)25-10-12-26(13-11-25)20(27)16-4-6-17(21)7-5-16/h2-9,14H,10-13H2,1H3. The Balaban J connectivity index is 1.46. The molecule has 138 valence electrons. The first-order valence-corrected chi connectivity index (χ1v) is 9.97. The van der Waals surface area contributed by atoms with Gasteiger partial charge in [-0.05, 0) is 65.9 Å². The minimum atomic E-state index is 0.0953. The van der Waals surface area contributed by atoms with E-state index < -0.39 is 0 Å². The van der Waals surface area contributed by atoms with Gasteiger partial charge in [-0.3, -0.25) is 4.79 Å². The molecule has 0 spiro atoms. The van der Waals surface area contributed by atoms with E-state index in [0.29, 0.717) is 13.1 Å². The van der Waals surface area contributed by atoms with Crippen molar-refractivity contribution in [1.29, 1.82) is 0 Å². The Morgan fingerprint density at radius 3 is 2.26 bits per heavy atom. The summed E-state index contributed by atoms with van der Waals surface area (Å²) in [6.45, 7) is 4.81. The highest BCUT2D eigenvalue weighted by Crippen LogP contribution is 2.19. The molecule has 1 fully saturated rings. The molecule has 0 atom stereocenters. The highest BCUT2D eigenvalue weighted by molar-refractivity contribution is 14.1. The number of rotatable bonds is 3. The zero-order valence-electron chi connectivity index (χ0n) is 15.0. The number of anilines is 1. The molecule has 27 heavy (non-hydrogen) atoms. The van der Waals surface area contributed by atoms with Gasteiger partial charge in [0.1, 0.15) is 17.5 Å². The quantitative estimate of drug-likeness (QED) is 0.549. The number of hydrogen-bond acceptors (Lipinski definition) is 4. The fourth-order valence-corrected chi connectivity index (χ4v) is 3.59. The SMILES string of the molecule is Cc1nc(N2CCN(C(=O)c3ccc(I)cc3)CC2)cc(-n2cccc2)n1. The van der Waals surface area contributed by atoms with E-state index in [0.717, 1.165) is 39.7 Å². The third-order valence-corrected chi connectivity index (χ3v) is 5.38. The third kappa shape index (κ3) is 3.97. The smallest absolute Gasteiger partial charge is 0.253 e. The molecular formula is C20H20IN5O. The van der Waals surface area contributed by atoms with Gasteiger partial charge in [-0.15, -0.1) is 0 Å². The molecule has 0 N–H and O–H groups in total. The predicted octanol–water partition coefficient (Wildman–Crippen LogP) is 3.14. The minimum absolute atomic E-state index is 0.0953. The normalized spacial score (nSPS) is 14.4. The molecule has 1 aliphatic rings. The van der Waals surface area contributed by atoms with Crippen LogP contribution < -0.4 is 4.90 Å². The maximum Gasteiger partial charge on any atom is 0.253 e. The van der Waals surface area contributed by atoms with Crippen LogP contribution in [-0.4, -0.2) is 51.5 Å². The number of carbonyl (C=O) groups excluding carboxylic acids is 1. The minimum Gasteiger partial charge on any atom is -0.353 e. The summed E-state index contributed by atoms with van der Waals surface area (Å²) in [5.74, 6) is 2.61. The average molecular weight is 473 g/mol. The van der Waals surface area contributed by atoms with Gasteiger partial charge < -0.3 is 14.4 Å². The van der Waals surface area contributed by atoms with Crippen molar-refractivity contribution in [3.63, 3.8) is 0 Å². The van der Waals surface area contributed by atoms with Gasteiger partial charge in [0.05, 0.1) is 0 Å². The molecule has 1 aliphatic heterocycles. The van der Waals surface area contributed by atoms with Crippen molar-refractivity contribution in [2.45, 2.75) is 6.92 Å². The van der Waals surface area contributed by atoms with Crippen LogP contribution in [0.1, 0.15) is 16.2 Å². The highest BCUT2D eigenvalue weighted by atomic mass is 127. The first-order chi connectivity index (χ1) is 13.1. The molecule has 0 unspecified atom stereocenters. The topological polar surface area (TPSA) is 54.3 Å². The summed E-state index contributed by atoms with van der Waals surface area (Å²) in [4.78, 5) is 26.0. The van der Waals surface area contributed by atoms with Crippen LogP contribution in [0.25, 0.3) is 5.82 Å². The second-order valence-electron chi connectivity index (χ2n) is 6.51. The van der Waals surface area contributed by atoms with E-state index in [2.05, 4.69) is 37.5 Å². The molecule has 2 aromatic heterocycles. The monoisotopic (exact) mass is 473 g/mol. The molecule has 4 rings (SSSR count). The Morgan fingerprint density at radius 2 is 1.59 bits per heavy atom. The Bertz CT molecular complexity index is 932. The van der Waals surface area contributed by atoms with Gasteiger partial charge >= 0.3 is 0 Å². The zero-order chi connectivity index (χ0) is 18.8. The summed E-state index contributed by atoms with van der Waals surface area (Å²) in [5.41, 5.74) is 0.747. The van der Waals surface area contributed by atoms with Crippen LogP contribution in [0.5, 0.6) is 0 Å². The molecule has 0 aliphatic carbocycles. The predicted molar refractivity (Wildman–Crippen MR) is 113 cm³/mol. The van der Waals surface area contributed by atoms with Crippen LogP contribution in [0.15, 0.2) is 54.9 Å². The van der Waals surface area contributed by atoms with Crippen molar-refractivity contribution in [2.75, 3.05) is 31.1 Å². The van der Waals surface area contributed by atoms with E-state index >= 15 is 0 Å². The molecule has 3 aromatic rings. The lowest BCUT2D eigenvalue weighted by molar-refractivity contribution is 0.0746. The maximum absolute atomic E-state index is 12.7. The number of piperazine rings is 1. The molecule has 0 bridgehead atoms. The summed E-state index contributed by atoms with van der Waals surface area (Å²) in [7, 11) is 0. The first kappa shape index (κ1) is 18.0. The molecule has 1 amide bonds. The second-order valence-corrected chi connectivity index (χ2v) is 7.75. The van der Waals surface area contributed by atoms with Crippen LogP contribution in [0.4, 0.5) is 5.82 Å². The summed E-state index contributed by atoms with van der Waals surface area (Å²) in [5, 5.41) is 0. The molecule has 0 saturated carbocycles. The van der Waals surface area contributed by atoms with Crippen LogP contribution in [0.2, 0.25) is 0 Å². The number of amides is 1. The van der Waals surface area contributed by atoms with Crippen molar-refractivity contribution in [3.05, 3.63) is 69.8 Å². The number of halogens is 1. The molecule has 6 nitrogen and oxygen atoms in total. The van der Waals surface area contributed by atoms with Crippen molar-refractivity contribution >= 4 is 34.3 Å². The number of aromatic nitrogens is 3. The summed E-state index contributed by atoms with van der Waals surface area (Å²) in [6, 6.07) is 13.7. The van der Waals surface area contributed by atoms with Crippen LogP contribution in [-0.2, 0) is 0 Å². The van der Waals surface area contributed by atoms with Gasteiger partial charge in [0.15, 0.2) is 0 Å². The zero-order valence-corrected chi connectivity index (χ0v) is 17.2. The van der Waals surface area contributed by atoms with E-state index in [9.17, 15) is 4.79 Å². The first-order valence-electron chi connectivity index (χ1n) is 8.89. The van der Waals surface area contributed by atoms with Crippen LogP contribution >= 0.6 is 22.6 Å². The van der Waals surface area contributed by atoms with Crippen molar-refractivity contribution in [2.24, 2.45) is 0 Å². The van der Waals surface area contributed by atoms with Crippen LogP contribution in [0.3, 0.4) is 0 Å². The number of nitrogens with zero attached hydrogens (tertiary/aromatic N) is 5. The lowest BCUT2D eigenvalue weighted by Crippen LogP contribution is -2.49. The van der Waals surface area contributed by atoms with E-state index in [1.54, 1.807) is 0 Å². The molecule has 1 saturated heterocycles. The highest BCUT2D eigenvalue weighted by Gasteiger charge is 2.23. The third-order valence-electron chi connectivity index (χ3n) is 4.66. The van der Waals surface area contributed by atoms with Gasteiger partial charge in [-0.1, -0.05) is 0 Å². The fourth-order valence-electron chi connectivity index (χ4n) is 3.23. The molecule has 0 radical (unpaired) electrons. The number of hydrogen-bond donors (Lipinski definition) is 0. The Labute approximate surface area is 172 Å². The van der Waals surface area contributed by atoms with Crippen molar-refractivity contribution < 1.29 is 4.79 Å². The van der Waals surface area contributed by atoms with Crippen LogP contribution in [0, 0.1) is 10.5 Å². The van der Waals surface area contributed by atoms with E-state index in [4.69, 9.17) is 0 Å².